The molecule has 0 fully saturated rings. The normalized spacial score (nSPS) is 18.6. The van der Waals surface area contributed by atoms with Gasteiger partial charge in [0.25, 0.3) is 26.0 Å². The second-order valence-electron chi connectivity index (χ2n) is 5.59. The second kappa shape index (κ2) is 8.45. The van der Waals surface area contributed by atoms with Crippen LogP contribution in [0.4, 0.5) is 0 Å². The number of methoxy groups -OCH3 is 2. The first-order valence-electron chi connectivity index (χ1n) is 7.30. The third kappa shape index (κ3) is 3.66. The third-order valence-corrected chi connectivity index (χ3v) is 7.78. The fraction of sp³-hybridized carbons (Fsp3) is 0.267. The summed E-state index contributed by atoms with van der Waals surface area (Å²) in [4.78, 5) is 12.7. The molecule has 0 amide bonds. The van der Waals surface area contributed by atoms with Gasteiger partial charge in [-0.25, -0.2) is 0 Å². The molecule has 11 nitrogen and oxygen atoms in total. The van der Waals surface area contributed by atoms with Gasteiger partial charge < -0.3 is 19.7 Å². The van der Waals surface area contributed by atoms with Crippen molar-refractivity contribution in [3.05, 3.63) is 59.1 Å². The van der Waals surface area contributed by atoms with Gasteiger partial charge in [-0.05, 0) is 6.08 Å². The summed E-state index contributed by atoms with van der Waals surface area (Å²) in [6.07, 6.45) is 0.0506. The molecule has 2 rings (SSSR count). The monoisotopic (exact) mass is 460 g/mol. The number of ether oxygens (including phenoxy) is 2. The average molecular weight is 460 g/mol. The maximum absolute atomic E-state index is 12.7. The van der Waals surface area contributed by atoms with Crippen LogP contribution in [0.3, 0.4) is 0 Å². The molecule has 1 aliphatic rings. The molecule has 0 spiro atoms. The van der Waals surface area contributed by atoms with Gasteiger partial charge >= 0.3 is 33.6 Å². The Morgan fingerprint density at radius 1 is 0.931 bits per heavy atom. The Morgan fingerprint density at radius 2 is 1.38 bits per heavy atom. The van der Waals surface area contributed by atoms with Crippen molar-refractivity contribution in [2.75, 3.05) is 14.2 Å². The number of ketones is 1. The number of aliphatic hydroxyl groups excluding tert-OH is 2. The van der Waals surface area contributed by atoms with Crippen molar-refractivity contribution in [1.29, 1.82) is 0 Å². The molecule has 0 saturated heterocycles. The fourth-order valence-electron chi connectivity index (χ4n) is 2.90. The number of rotatable bonds is 6. The van der Waals surface area contributed by atoms with E-state index in [1.807, 2.05) is 0 Å². The quantitative estimate of drug-likeness (QED) is 0.193. The molecule has 0 heterocycles. The van der Waals surface area contributed by atoms with E-state index in [4.69, 9.17) is 0 Å². The summed E-state index contributed by atoms with van der Waals surface area (Å²) >= 11 is 0. The van der Waals surface area contributed by atoms with Gasteiger partial charge in [0.05, 0.1) is 5.57 Å². The molecular weight excluding hydrogens is 443 g/mol. The Labute approximate surface area is 188 Å². The van der Waals surface area contributed by atoms with E-state index in [1.54, 1.807) is 6.07 Å². The zero-order valence-electron chi connectivity index (χ0n) is 14.4. The van der Waals surface area contributed by atoms with Crippen molar-refractivity contribution < 1.29 is 50.4 Å². The maximum atomic E-state index is 12.7. The van der Waals surface area contributed by atoms with E-state index >= 15 is 0 Å². The first-order chi connectivity index (χ1) is 12.8. The summed E-state index contributed by atoms with van der Waals surface area (Å²) in [5.74, 6) is -7.31. The minimum absolute atomic E-state index is 0. The summed E-state index contributed by atoms with van der Waals surface area (Å²) in [6, 6.07) is 6.89. The zero-order chi connectivity index (χ0) is 21.5. The van der Waals surface area contributed by atoms with Crippen LogP contribution in [0.2, 0.25) is 0 Å². The summed E-state index contributed by atoms with van der Waals surface area (Å²) < 4.78 is 73.4. The summed E-state index contributed by atoms with van der Waals surface area (Å²) in [6.45, 7) is 0. The number of aliphatic hydroxyl groups is 2. The standard InChI is InChI=1S/C15H16O11S2.Na.H/c1-25-15(26-2)13(18)12(17)10(11(16)9-6-4-3-5-7-9)8-14(15,27(19,20)21)28(22,23)24;;/h3-8,17-18H,1-2H3,(H,19,20,21)(H,22,23,24);;. The van der Waals surface area contributed by atoms with Crippen LogP contribution in [-0.2, 0) is 29.7 Å². The van der Waals surface area contributed by atoms with E-state index < -0.39 is 53.0 Å². The molecule has 0 aromatic heterocycles. The van der Waals surface area contributed by atoms with E-state index in [2.05, 4.69) is 9.47 Å². The molecule has 0 unspecified atom stereocenters. The number of carbonyl (C=O) groups is 1. The molecule has 0 saturated carbocycles. The Bertz CT molecular complexity index is 1040. The van der Waals surface area contributed by atoms with Gasteiger partial charge in [-0.15, -0.1) is 0 Å². The van der Waals surface area contributed by atoms with Crippen LogP contribution in [-0.4, -0.2) is 95.6 Å². The van der Waals surface area contributed by atoms with Gasteiger partial charge in [0, 0.05) is 19.8 Å². The van der Waals surface area contributed by atoms with Crippen LogP contribution in [0.5, 0.6) is 0 Å². The molecular formula is C15H17NaO11S2. The second-order valence-corrected chi connectivity index (χ2v) is 9.04. The number of benzene rings is 1. The molecule has 29 heavy (non-hydrogen) atoms. The Hall–Kier alpha value is -1.29. The molecule has 0 aliphatic heterocycles. The van der Waals surface area contributed by atoms with E-state index in [0.29, 0.717) is 14.2 Å². The van der Waals surface area contributed by atoms with Gasteiger partial charge in [-0.2, -0.15) is 16.8 Å². The number of carbonyl (C=O) groups excluding carboxylic acids is 1. The fourth-order valence-corrected chi connectivity index (χ4v) is 5.71. The van der Waals surface area contributed by atoms with Crippen molar-refractivity contribution in [2.45, 2.75) is 9.87 Å². The molecule has 1 aromatic carbocycles. The first-order valence-corrected chi connectivity index (χ1v) is 10.2. The summed E-state index contributed by atoms with van der Waals surface area (Å²) in [5.41, 5.74) is -1.17. The minimum atomic E-state index is -5.90. The van der Waals surface area contributed by atoms with Crippen LogP contribution in [0.15, 0.2) is 53.5 Å². The summed E-state index contributed by atoms with van der Waals surface area (Å²) in [5, 5.41) is 20.6. The van der Waals surface area contributed by atoms with E-state index in [9.17, 15) is 40.9 Å². The van der Waals surface area contributed by atoms with Gasteiger partial charge in [0.15, 0.2) is 17.3 Å². The van der Waals surface area contributed by atoms with Crippen LogP contribution in [0, 0.1) is 0 Å². The molecule has 0 bridgehead atoms. The molecule has 4 N–H and O–H groups in total. The van der Waals surface area contributed by atoms with E-state index in [-0.39, 0.29) is 41.2 Å². The molecule has 0 atom stereocenters. The van der Waals surface area contributed by atoms with Crippen molar-refractivity contribution in [3.63, 3.8) is 0 Å². The predicted octanol–water partition coefficient (Wildman–Crippen LogP) is -0.0506. The zero-order valence-corrected chi connectivity index (χ0v) is 16.1. The third-order valence-electron chi connectivity index (χ3n) is 4.21. The van der Waals surface area contributed by atoms with Crippen molar-refractivity contribution in [3.8, 4) is 0 Å². The molecule has 14 heteroatoms. The molecule has 1 aliphatic carbocycles. The Balaban J connectivity index is 0.00000420. The SMILES string of the molecule is COC1(OC)C(O)=C(O)C(C(=O)c2ccccc2)=CC1(S(=O)(=O)O)S(=O)(=O)O.[NaH]. The van der Waals surface area contributed by atoms with Crippen LogP contribution < -0.4 is 0 Å². The van der Waals surface area contributed by atoms with Crippen LogP contribution in [0.25, 0.3) is 0 Å². The van der Waals surface area contributed by atoms with Crippen molar-refractivity contribution in [2.24, 2.45) is 0 Å². The van der Waals surface area contributed by atoms with Gasteiger partial charge in [0.1, 0.15) is 0 Å². The number of hydrogen-bond acceptors (Lipinski definition) is 9. The van der Waals surface area contributed by atoms with E-state index in [1.165, 1.54) is 24.3 Å². The average Bonchev–Trinajstić information content (AvgIpc) is 2.62. The number of hydrogen-bond donors (Lipinski definition) is 4. The van der Waals surface area contributed by atoms with Gasteiger partial charge in [-0.3, -0.25) is 13.9 Å². The van der Waals surface area contributed by atoms with E-state index in [0.717, 1.165) is 0 Å². The van der Waals surface area contributed by atoms with Gasteiger partial charge in [-0.1, -0.05) is 30.3 Å². The molecule has 156 valence electrons. The Morgan fingerprint density at radius 3 is 1.76 bits per heavy atom. The Kier molecular flexibility index (Phi) is 7.50. The van der Waals surface area contributed by atoms with Crippen LogP contribution in [0.1, 0.15) is 10.4 Å². The number of allylic oxidation sites excluding steroid dienone is 1. The van der Waals surface area contributed by atoms with Gasteiger partial charge in [0.2, 0.25) is 0 Å². The van der Waals surface area contributed by atoms with Crippen molar-refractivity contribution in [1.82, 2.24) is 0 Å². The topological polar surface area (TPSA) is 185 Å². The molecule has 0 radical (unpaired) electrons. The number of Topliss-reactive ketones (excluding diaryl/α,β-unsaturated/α-hetero) is 1. The molecule has 1 aromatic rings. The first kappa shape index (κ1) is 25.7. The van der Waals surface area contributed by atoms with Crippen LogP contribution >= 0.6 is 0 Å². The summed E-state index contributed by atoms with van der Waals surface area (Å²) in [7, 11) is -10.5. The predicted molar refractivity (Wildman–Crippen MR) is 101 cm³/mol. The van der Waals surface area contributed by atoms with Crippen molar-refractivity contribution >= 4 is 55.6 Å².